The van der Waals surface area contributed by atoms with Crippen molar-refractivity contribution >= 4 is 5.97 Å². The van der Waals surface area contributed by atoms with Gasteiger partial charge in [0.05, 0.1) is 12.5 Å². The van der Waals surface area contributed by atoms with Gasteiger partial charge in [-0.05, 0) is 30.9 Å². The molecule has 2 aliphatic rings. The number of rotatable bonds is 2. The minimum atomic E-state index is -0.0424. The summed E-state index contributed by atoms with van der Waals surface area (Å²) in [5.41, 5.74) is 2.73. The highest BCUT2D eigenvalue weighted by atomic mass is 16.5. The van der Waals surface area contributed by atoms with Crippen LogP contribution in [0.25, 0.3) is 0 Å². The lowest BCUT2D eigenvalue weighted by Gasteiger charge is -2.29. The van der Waals surface area contributed by atoms with Gasteiger partial charge in [-0.2, -0.15) is 0 Å². The number of carbonyl (C=O) groups excluding carboxylic acids is 1. The topological polar surface area (TPSA) is 38.3 Å². The van der Waals surface area contributed by atoms with Gasteiger partial charge in [-0.3, -0.25) is 4.79 Å². The Balaban J connectivity index is 1.98. The smallest absolute Gasteiger partial charge is 0.311 e. The average molecular weight is 245 g/mol. The molecule has 0 aromatic heterocycles. The van der Waals surface area contributed by atoms with Crippen LogP contribution in [0.5, 0.6) is 0 Å². The van der Waals surface area contributed by atoms with Crippen LogP contribution in [-0.2, 0) is 21.4 Å². The molecule has 0 bridgehead atoms. The van der Waals surface area contributed by atoms with Crippen LogP contribution in [0, 0.1) is 5.92 Å². The van der Waals surface area contributed by atoms with E-state index in [1.165, 1.54) is 11.1 Å². The fourth-order valence-corrected chi connectivity index (χ4v) is 3.57. The van der Waals surface area contributed by atoms with E-state index in [4.69, 9.17) is 4.74 Å². The third kappa shape index (κ3) is 1.57. The van der Waals surface area contributed by atoms with Gasteiger partial charge in [-0.15, -0.1) is 0 Å². The van der Waals surface area contributed by atoms with E-state index >= 15 is 0 Å². The van der Waals surface area contributed by atoms with Gasteiger partial charge in [-0.25, -0.2) is 0 Å². The molecule has 1 aliphatic carbocycles. The molecule has 1 heterocycles. The first-order chi connectivity index (χ1) is 8.78. The fourth-order valence-electron chi connectivity index (χ4n) is 3.57. The number of hydrogen-bond donors (Lipinski definition) is 1. The van der Waals surface area contributed by atoms with Gasteiger partial charge < -0.3 is 10.1 Å². The summed E-state index contributed by atoms with van der Waals surface area (Å²) in [5, 5.41) is 3.38. The van der Waals surface area contributed by atoms with Crippen LogP contribution in [0.3, 0.4) is 0 Å². The second-order valence-corrected chi connectivity index (χ2v) is 5.25. The molecule has 1 fully saturated rings. The SMILES string of the molecule is CCOC(=O)C1CNCC12CCc1ccccc12. The quantitative estimate of drug-likeness (QED) is 0.805. The highest BCUT2D eigenvalue weighted by Crippen LogP contribution is 2.46. The van der Waals surface area contributed by atoms with E-state index in [1.54, 1.807) is 0 Å². The van der Waals surface area contributed by atoms with Crippen LogP contribution in [-0.4, -0.2) is 25.7 Å². The molecule has 2 atom stereocenters. The molecule has 96 valence electrons. The Morgan fingerprint density at radius 3 is 3.17 bits per heavy atom. The van der Waals surface area contributed by atoms with Gasteiger partial charge in [0, 0.05) is 18.5 Å². The summed E-state index contributed by atoms with van der Waals surface area (Å²) in [7, 11) is 0. The van der Waals surface area contributed by atoms with E-state index in [0.29, 0.717) is 6.61 Å². The third-order valence-corrected chi connectivity index (χ3v) is 4.42. The number of carbonyl (C=O) groups is 1. The summed E-state index contributed by atoms with van der Waals surface area (Å²) < 4.78 is 5.25. The van der Waals surface area contributed by atoms with E-state index in [2.05, 4.69) is 29.6 Å². The minimum absolute atomic E-state index is 0.0250. The summed E-state index contributed by atoms with van der Waals surface area (Å²) in [4.78, 5) is 12.2. The van der Waals surface area contributed by atoms with E-state index in [9.17, 15) is 4.79 Å². The molecule has 2 unspecified atom stereocenters. The molecule has 0 amide bonds. The zero-order valence-corrected chi connectivity index (χ0v) is 10.7. The van der Waals surface area contributed by atoms with Gasteiger partial charge >= 0.3 is 5.97 Å². The largest absolute Gasteiger partial charge is 0.466 e. The summed E-state index contributed by atoms with van der Waals surface area (Å²) in [5.74, 6) is -0.0692. The van der Waals surface area contributed by atoms with Crippen molar-refractivity contribution in [2.45, 2.75) is 25.2 Å². The number of esters is 1. The fraction of sp³-hybridized carbons (Fsp3) is 0.533. The van der Waals surface area contributed by atoms with Crippen molar-refractivity contribution < 1.29 is 9.53 Å². The molecule has 1 N–H and O–H groups in total. The standard InChI is InChI=1S/C15H19NO2/c1-2-18-14(17)13-9-16-10-15(13)8-7-11-5-3-4-6-12(11)15/h3-6,13,16H,2,7-10H2,1H3. The summed E-state index contributed by atoms with van der Waals surface area (Å²) >= 11 is 0. The summed E-state index contributed by atoms with van der Waals surface area (Å²) in [6.45, 7) is 3.98. The Hall–Kier alpha value is -1.35. The highest BCUT2D eigenvalue weighted by Gasteiger charge is 2.51. The molecule has 18 heavy (non-hydrogen) atoms. The zero-order valence-electron chi connectivity index (χ0n) is 10.7. The Morgan fingerprint density at radius 2 is 2.33 bits per heavy atom. The average Bonchev–Trinajstić information content (AvgIpc) is 2.97. The van der Waals surface area contributed by atoms with Crippen molar-refractivity contribution in [1.29, 1.82) is 0 Å². The predicted molar refractivity (Wildman–Crippen MR) is 69.4 cm³/mol. The predicted octanol–water partition coefficient (Wildman–Crippen LogP) is 1.65. The highest BCUT2D eigenvalue weighted by molar-refractivity contribution is 5.76. The molecule has 3 heteroatoms. The minimum Gasteiger partial charge on any atom is -0.466 e. The van der Waals surface area contributed by atoms with Gasteiger partial charge in [0.25, 0.3) is 0 Å². The van der Waals surface area contributed by atoms with E-state index in [0.717, 1.165) is 25.9 Å². The molecule has 3 nitrogen and oxygen atoms in total. The van der Waals surface area contributed by atoms with Crippen molar-refractivity contribution in [2.24, 2.45) is 5.92 Å². The maximum atomic E-state index is 12.2. The number of benzene rings is 1. The molecule has 1 aliphatic heterocycles. The number of ether oxygens (including phenoxy) is 1. The van der Waals surface area contributed by atoms with Crippen molar-refractivity contribution in [2.75, 3.05) is 19.7 Å². The van der Waals surface area contributed by atoms with E-state index in [-0.39, 0.29) is 17.3 Å². The van der Waals surface area contributed by atoms with Crippen LogP contribution in [0.4, 0.5) is 0 Å². The van der Waals surface area contributed by atoms with Crippen molar-refractivity contribution in [3.63, 3.8) is 0 Å². The molecule has 1 saturated heterocycles. The Kier molecular flexibility index (Phi) is 2.86. The van der Waals surface area contributed by atoms with Gasteiger partial charge in [0.2, 0.25) is 0 Å². The number of hydrogen-bond acceptors (Lipinski definition) is 3. The number of aryl methyl sites for hydroxylation is 1. The normalized spacial score (nSPS) is 29.5. The van der Waals surface area contributed by atoms with Crippen LogP contribution in [0.15, 0.2) is 24.3 Å². The molecule has 1 spiro atoms. The molecule has 3 rings (SSSR count). The summed E-state index contributed by atoms with van der Waals surface area (Å²) in [6.07, 6.45) is 2.14. The Bertz CT molecular complexity index is 471. The summed E-state index contributed by atoms with van der Waals surface area (Å²) in [6, 6.07) is 8.53. The van der Waals surface area contributed by atoms with Crippen LogP contribution in [0.2, 0.25) is 0 Å². The third-order valence-electron chi connectivity index (χ3n) is 4.42. The molecule has 1 aromatic carbocycles. The van der Waals surface area contributed by atoms with Crippen LogP contribution >= 0.6 is 0 Å². The van der Waals surface area contributed by atoms with Crippen LogP contribution in [0.1, 0.15) is 24.5 Å². The maximum Gasteiger partial charge on any atom is 0.311 e. The van der Waals surface area contributed by atoms with Crippen LogP contribution < -0.4 is 5.32 Å². The van der Waals surface area contributed by atoms with Gasteiger partial charge in [-0.1, -0.05) is 24.3 Å². The monoisotopic (exact) mass is 245 g/mol. The second-order valence-electron chi connectivity index (χ2n) is 5.25. The van der Waals surface area contributed by atoms with Crippen molar-refractivity contribution in [1.82, 2.24) is 5.32 Å². The van der Waals surface area contributed by atoms with Crippen molar-refractivity contribution in [3.05, 3.63) is 35.4 Å². The lowest BCUT2D eigenvalue weighted by molar-refractivity contribution is -0.149. The lowest BCUT2D eigenvalue weighted by atomic mass is 9.73. The number of nitrogens with one attached hydrogen (secondary N) is 1. The Labute approximate surface area is 108 Å². The molecule has 0 radical (unpaired) electrons. The van der Waals surface area contributed by atoms with Crippen molar-refractivity contribution in [3.8, 4) is 0 Å². The Morgan fingerprint density at radius 1 is 1.50 bits per heavy atom. The lowest BCUT2D eigenvalue weighted by Crippen LogP contribution is -2.38. The molecule has 0 saturated carbocycles. The van der Waals surface area contributed by atoms with E-state index in [1.807, 2.05) is 6.92 Å². The zero-order chi connectivity index (χ0) is 12.6. The van der Waals surface area contributed by atoms with Gasteiger partial charge in [0.15, 0.2) is 0 Å². The molecular weight excluding hydrogens is 226 g/mol. The number of fused-ring (bicyclic) bond motifs is 2. The van der Waals surface area contributed by atoms with E-state index < -0.39 is 0 Å². The first-order valence-electron chi connectivity index (χ1n) is 6.73. The van der Waals surface area contributed by atoms with Gasteiger partial charge in [0.1, 0.15) is 0 Å². The second kappa shape index (κ2) is 4.39. The molecular formula is C15H19NO2. The first-order valence-corrected chi connectivity index (χ1v) is 6.73. The molecule has 1 aromatic rings. The first kappa shape index (κ1) is 11.7. The maximum absolute atomic E-state index is 12.2.